The van der Waals surface area contributed by atoms with Gasteiger partial charge in [0.25, 0.3) is 5.69 Å². The lowest BCUT2D eigenvalue weighted by Gasteiger charge is -2.04. The van der Waals surface area contributed by atoms with Crippen LogP contribution in [0.2, 0.25) is 5.02 Å². The maximum atomic E-state index is 12.8. The first-order valence-electron chi connectivity index (χ1n) is 3.38. The number of benzene rings is 1. The Labute approximate surface area is 78.5 Å². The van der Waals surface area contributed by atoms with E-state index in [2.05, 4.69) is 5.32 Å². The second-order valence-electron chi connectivity index (χ2n) is 2.26. The standard InChI is InChI=1S/C7H6ClFN2O2/c1-10-7-5(11(12)13)3-2-4(9)6(7)8/h2-3,10H,1H3. The van der Waals surface area contributed by atoms with E-state index in [-0.39, 0.29) is 16.4 Å². The minimum atomic E-state index is -0.684. The number of hydrogen-bond donors (Lipinski definition) is 1. The average Bonchev–Trinajstić information content (AvgIpc) is 2.09. The summed E-state index contributed by atoms with van der Waals surface area (Å²) in [6, 6.07) is 2.02. The molecule has 0 heterocycles. The predicted molar refractivity (Wildman–Crippen MR) is 47.6 cm³/mol. The van der Waals surface area contributed by atoms with Gasteiger partial charge in [0.1, 0.15) is 16.5 Å². The van der Waals surface area contributed by atoms with Crippen molar-refractivity contribution in [3.8, 4) is 0 Å². The number of hydrogen-bond acceptors (Lipinski definition) is 3. The lowest BCUT2D eigenvalue weighted by molar-refractivity contribution is -0.384. The maximum absolute atomic E-state index is 12.8. The Hall–Kier alpha value is -1.36. The third kappa shape index (κ3) is 1.70. The molecule has 0 saturated heterocycles. The minimum absolute atomic E-state index is 0.00772. The van der Waals surface area contributed by atoms with Gasteiger partial charge in [-0.15, -0.1) is 0 Å². The summed E-state index contributed by atoms with van der Waals surface area (Å²) in [7, 11) is 1.44. The Kier molecular flexibility index (Phi) is 2.67. The van der Waals surface area contributed by atoms with E-state index >= 15 is 0 Å². The predicted octanol–water partition coefficient (Wildman–Crippen LogP) is 2.43. The van der Waals surface area contributed by atoms with E-state index < -0.39 is 10.7 Å². The lowest BCUT2D eigenvalue weighted by Crippen LogP contribution is -1.98. The molecule has 1 aromatic rings. The van der Waals surface area contributed by atoms with Crippen LogP contribution in [0.3, 0.4) is 0 Å². The number of nitrogens with one attached hydrogen (secondary N) is 1. The third-order valence-corrected chi connectivity index (χ3v) is 1.89. The molecule has 0 radical (unpaired) electrons. The van der Waals surface area contributed by atoms with E-state index in [9.17, 15) is 14.5 Å². The number of nitro benzene ring substituents is 1. The molecule has 0 spiro atoms. The molecule has 1 rings (SSSR count). The van der Waals surface area contributed by atoms with Crippen LogP contribution < -0.4 is 5.32 Å². The molecular weight excluding hydrogens is 199 g/mol. The first-order chi connectivity index (χ1) is 6.07. The Morgan fingerprint density at radius 3 is 2.69 bits per heavy atom. The normalized spacial score (nSPS) is 9.77. The first-order valence-corrected chi connectivity index (χ1v) is 3.76. The fraction of sp³-hybridized carbons (Fsp3) is 0.143. The van der Waals surface area contributed by atoms with Crippen LogP contribution in [0.1, 0.15) is 0 Å². The van der Waals surface area contributed by atoms with Crippen LogP contribution in [0, 0.1) is 15.9 Å². The first kappa shape index (κ1) is 9.73. The van der Waals surface area contributed by atoms with Crippen molar-refractivity contribution in [2.45, 2.75) is 0 Å². The van der Waals surface area contributed by atoms with Crippen molar-refractivity contribution < 1.29 is 9.31 Å². The zero-order valence-corrected chi connectivity index (χ0v) is 7.43. The zero-order chi connectivity index (χ0) is 10.0. The van der Waals surface area contributed by atoms with Gasteiger partial charge in [-0.25, -0.2) is 4.39 Å². The quantitative estimate of drug-likeness (QED) is 0.595. The van der Waals surface area contributed by atoms with Gasteiger partial charge in [-0.05, 0) is 6.07 Å². The van der Waals surface area contributed by atoms with E-state index in [1.807, 2.05) is 0 Å². The lowest BCUT2D eigenvalue weighted by atomic mass is 10.2. The van der Waals surface area contributed by atoms with Crippen LogP contribution in [0.5, 0.6) is 0 Å². The second-order valence-corrected chi connectivity index (χ2v) is 2.64. The van der Waals surface area contributed by atoms with Gasteiger partial charge in [-0.2, -0.15) is 0 Å². The van der Waals surface area contributed by atoms with Gasteiger partial charge in [0.05, 0.1) is 4.92 Å². The molecule has 0 atom stereocenters. The summed E-state index contributed by atoms with van der Waals surface area (Å²) in [5.74, 6) is -0.684. The molecule has 0 aromatic heterocycles. The molecule has 0 bridgehead atoms. The summed E-state index contributed by atoms with van der Waals surface area (Å²) < 4.78 is 12.8. The highest BCUT2D eigenvalue weighted by Gasteiger charge is 2.18. The molecular formula is C7H6ClFN2O2. The fourth-order valence-corrected chi connectivity index (χ4v) is 1.18. The SMILES string of the molecule is CNc1c([N+](=O)[O-])ccc(F)c1Cl. The number of rotatable bonds is 2. The molecule has 4 nitrogen and oxygen atoms in total. The van der Waals surface area contributed by atoms with E-state index in [4.69, 9.17) is 11.6 Å². The van der Waals surface area contributed by atoms with Gasteiger partial charge in [-0.3, -0.25) is 10.1 Å². The highest BCUT2D eigenvalue weighted by Crippen LogP contribution is 2.33. The van der Waals surface area contributed by atoms with Crippen molar-refractivity contribution in [3.63, 3.8) is 0 Å². The number of anilines is 1. The van der Waals surface area contributed by atoms with E-state index in [0.29, 0.717) is 0 Å². The third-order valence-electron chi connectivity index (χ3n) is 1.52. The topological polar surface area (TPSA) is 55.2 Å². The Morgan fingerprint density at radius 1 is 1.62 bits per heavy atom. The Bertz CT molecular complexity index is 357. The number of halogens is 2. The van der Waals surface area contributed by atoms with Crippen molar-refractivity contribution in [3.05, 3.63) is 33.1 Å². The van der Waals surface area contributed by atoms with Crippen LogP contribution in [-0.2, 0) is 0 Å². The van der Waals surface area contributed by atoms with Gasteiger partial charge in [0, 0.05) is 13.1 Å². The van der Waals surface area contributed by atoms with Gasteiger partial charge >= 0.3 is 0 Å². The van der Waals surface area contributed by atoms with Crippen LogP contribution in [0.4, 0.5) is 15.8 Å². The van der Waals surface area contributed by atoms with Gasteiger partial charge in [0.15, 0.2) is 0 Å². The minimum Gasteiger partial charge on any atom is -0.381 e. The molecule has 0 aliphatic rings. The fourth-order valence-electron chi connectivity index (χ4n) is 0.930. The van der Waals surface area contributed by atoms with Crippen molar-refractivity contribution in [1.29, 1.82) is 0 Å². The summed E-state index contributed by atoms with van der Waals surface area (Å²) in [5.41, 5.74) is -0.249. The zero-order valence-electron chi connectivity index (χ0n) is 6.67. The van der Waals surface area contributed by atoms with Crippen LogP contribution in [0.25, 0.3) is 0 Å². The highest BCUT2D eigenvalue weighted by atomic mass is 35.5. The van der Waals surface area contributed by atoms with Crippen molar-refractivity contribution in [2.24, 2.45) is 0 Å². The number of nitrogens with zero attached hydrogens (tertiary/aromatic N) is 1. The van der Waals surface area contributed by atoms with Gasteiger partial charge in [0.2, 0.25) is 0 Å². The largest absolute Gasteiger partial charge is 0.381 e. The molecule has 0 fully saturated rings. The van der Waals surface area contributed by atoms with Gasteiger partial charge in [-0.1, -0.05) is 11.6 Å². The summed E-state index contributed by atoms with van der Waals surface area (Å²) in [6.07, 6.45) is 0. The van der Waals surface area contributed by atoms with E-state index in [1.54, 1.807) is 0 Å². The Balaban J connectivity index is 3.38. The summed E-state index contributed by atoms with van der Waals surface area (Å²) >= 11 is 5.50. The molecule has 0 aliphatic carbocycles. The molecule has 0 amide bonds. The molecule has 6 heteroatoms. The van der Waals surface area contributed by atoms with Crippen LogP contribution in [-0.4, -0.2) is 12.0 Å². The molecule has 1 aromatic carbocycles. The summed E-state index contributed by atoms with van der Waals surface area (Å²) in [6.45, 7) is 0. The summed E-state index contributed by atoms with van der Waals surface area (Å²) in [4.78, 5) is 9.80. The monoisotopic (exact) mass is 204 g/mol. The van der Waals surface area contributed by atoms with Crippen LogP contribution in [0.15, 0.2) is 12.1 Å². The molecule has 0 aliphatic heterocycles. The van der Waals surface area contributed by atoms with Gasteiger partial charge < -0.3 is 5.32 Å². The Morgan fingerprint density at radius 2 is 2.23 bits per heavy atom. The number of nitro groups is 1. The second kappa shape index (κ2) is 3.57. The molecule has 1 N–H and O–H groups in total. The van der Waals surface area contributed by atoms with Crippen molar-refractivity contribution in [1.82, 2.24) is 0 Å². The summed E-state index contributed by atoms with van der Waals surface area (Å²) in [5, 5.41) is 12.6. The van der Waals surface area contributed by atoms with Crippen LogP contribution >= 0.6 is 11.6 Å². The molecule has 70 valence electrons. The van der Waals surface area contributed by atoms with E-state index in [0.717, 1.165) is 12.1 Å². The van der Waals surface area contributed by atoms with Crippen molar-refractivity contribution >= 4 is 23.0 Å². The van der Waals surface area contributed by atoms with E-state index in [1.165, 1.54) is 7.05 Å². The smallest absolute Gasteiger partial charge is 0.294 e. The van der Waals surface area contributed by atoms with Crippen molar-refractivity contribution in [2.75, 3.05) is 12.4 Å². The maximum Gasteiger partial charge on any atom is 0.294 e. The average molecular weight is 205 g/mol. The molecule has 13 heavy (non-hydrogen) atoms. The molecule has 0 saturated carbocycles. The highest BCUT2D eigenvalue weighted by molar-refractivity contribution is 6.33. The molecule has 0 unspecified atom stereocenters.